The van der Waals surface area contributed by atoms with Gasteiger partial charge in [-0.15, -0.1) is 0 Å². The van der Waals surface area contributed by atoms with E-state index in [1.165, 1.54) is 17.5 Å². The molecule has 1 aromatic heterocycles. The van der Waals surface area contributed by atoms with E-state index in [-0.39, 0.29) is 4.90 Å². The minimum Gasteiger partial charge on any atom is -0.496 e. The highest BCUT2D eigenvalue weighted by Crippen LogP contribution is 2.37. The number of rotatable bonds is 7. The number of carbonyl (C=O) groups excluding carboxylic acids is 1. The summed E-state index contributed by atoms with van der Waals surface area (Å²) >= 11 is 6.13. The number of aromatic amines is 1. The molecule has 0 saturated heterocycles. The number of methoxy groups -OCH3 is 1. The van der Waals surface area contributed by atoms with Crippen molar-refractivity contribution in [2.24, 2.45) is 0 Å². The number of ether oxygens (including phenoxy) is 1. The van der Waals surface area contributed by atoms with E-state index in [1.807, 2.05) is 0 Å². The van der Waals surface area contributed by atoms with Gasteiger partial charge in [0.1, 0.15) is 5.75 Å². The molecule has 0 aliphatic carbocycles. The van der Waals surface area contributed by atoms with E-state index < -0.39 is 10.0 Å². The van der Waals surface area contributed by atoms with Gasteiger partial charge in [-0.05, 0) is 36.4 Å². The number of aldehydes is 1. The van der Waals surface area contributed by atoms with Crippen molar-refractivity contribution in [1.29, 1.82) is 0 Å². The first-order valence-electron chi connectivity index (χ1n) is 8.82. The molecule has 0 spiro atoms. The highest BCUT2D eigenvalue weighted by Gasteiger charge is 2.24. The molecule has 8 heteroatoms. The molecule has 0 atom stereocenters. The molecule has 0 radical (unpaired) electrons. The van der Waals surface area contributed by atoms with Crippen LogP contribution in [0.5, 0.6) is 5.75 Å². The van der Waals surface area contributed by atoms with Gasteiger partial charge in [0.05, 0.1) is 17.7 Å². The third kappa shape index (κ3) is 3.41. The number of halogens is 1. The van der Waals surface area contributed by atoms with Crippen molar-refractivity contribution in [2.45, 2.75) is 18.7 Å². The number of hydrogen-bond donors (Lipinski definition) is 1. The number of H-pyrrole nitrogens is 1. The molecule has 6 nitrogen and oxygen atoms in total. The lowest BCUT2D eigenvalue weighted by molar-refractivity contribution is 0.112. The molecule has 0 unspecified atom stereocenters. The van der Waals surface area contributed by atoms with Crippen LogP contribution in [0.2, 0.25) is 5.02 Å². The van der Waals surface area contributed by atoms with E-state index in [0.717, 1.165) is 0 Å². The van der Waals surface area contributed by atoms with Gasteiger partial charge in [0.2, 0.25) is 10.0 Å². The first-order valence-corrected chi connectivity index (χ1v) is 10.6. The van der Waals surface area contributed by atoms with Crippen molar-refractivity contribution < 1.29 is 17.9 Å². The molecule has 3 rings (SSSR count). The van der Waals surface area contributed by atoms with Crippen LogP contribution in [0, 0.1) is 0 Å². The Bertz CT molecular complexity index is 1130. The van der Waals surface area contributed by atoms with E-state index in [9.17, 15) is 13.2 Å². The van der Waals surface area contributed by atoms with E-state index >= 15 is 0 Å². The van der Waals surface area contributed by atoms with E-state index in [4.69, 9.17) is 16.3 Å². The summed E-state index contributed by atoms with van der Waals surface area (Å²) in [4.78, 5) is 15.3. The van der Waals surface area contributed by atoms with Crippen molar-refractivity contribution in [3.63, 3.8) is 0 Å². The molecule has 0 aliphatic heterocycles. The predicted molar refractivity (Wildman–Crippen MR) is 111 cm³/mol. The Labute approximate surface area is 169 Å². The molecule has 0 fully saturated rings. The Hall–Kier alpha value is -2.35. The highest BCUT2D eigenvalue weighted by atomic mass is 35.5. The fraction of sp³-hybridized carbons (Fsp3) is 0.250. The largest absolute Gasteiger partial charge is 0.496 e. The second-order valence-electron chi connectivity index (χ2n) is 6.17. The highest BCUT2D eigenvalue weighted by molar-refractivity contribution is 7.89. The minimum atomic E-state index is -3.63. The minimum absolute atomic E-state index is 0.149. The van der Waals surface area contributed by atoms with Gasteiger partial charge in [-0.3, -0.25) is 4.79 Å². The molecule has 148 valence electrons. The van der Waals surface area contributed by atoms with Crippen LogP contribution in [-0.4, -0.2) is 44.2 Å². The zero-order valence-corrected chi connectivity index (χ0v) is 17.4. The molecular formula is C20H21ClN2O4S. The van der Waals surface area contributed by atoms with Gasteiger partial charge in [-0.1, -0.05) is 25.4 Å². The normalized spacial score (nSPS) is 11.9. The summed E-state index contributed by atoms with van der Waals surface area (Å²) in [6, 6.07) is 9.85. The lowest BCUT2D eigenvalue weighted by atomic mass is 10.1. The van der Waals surface area contributed by atoms with Crippen LogP contribution in [0.25, 0.3) is 22.2 Å². The van der Waals surface area contributed by atoms with Crippen molar-refractivity contribution in [1.82, 2.24) is 9.29 Å². The zero-order valence-electron chi connectivity index (χ0n) is 15.8. The summed E-state index contributed by atoms with van der Waals surface area (Å²) in [6.07, 6.45) is 0.711. The van der Waals surface area contributed by atoms with Crippen LogP contribution in [-0.2, 0) is 10.0 Å². The molecule has 0 bridgehead atoms. The Balaban J connectivity index is 2.25. The number of sulfonamides is 1. The van der Waals surface area contributed by atoms with Gasteiger partial charge in [-0.25, -0.2) is 8.42 Å². The first kappa shape index (κ1) is 20.4. The van der Waals surface area contributed by atoms with E-state index in [1.54, 1.807) is 44.2 Å². The summed E-state index contributed by atoms with van der Waals surface area (Å²) in [5, 5.41) is 1.02. The van der Waals surface area contributed by atoms with Gasteiger partial charge in [0.25, 0.3) is 0 Å². The third-order valence-corrected chi connectivity index (χ3v) is 6.98. The van der Waals surface area contributed by atoms with Crippen molar-refractivity contribution >= 4 is 38.8 Å². The molecule has 1 heterocycles. The molecule has 0 saturated carbocycles. The van der Waals surface area contributed by atoms with Crippen molar-refractivity contribution in [2.75, 3.05) is 20.2 Å². The van der Waals surface area contributed by atoms with Crippen LogP contribution in [0.3, 0.4) is 0 Å². The van der Waals surface area contributed by atoms with Crippen LogP contribution in [0.4, 0.5) is 0 Å². The van der Waals surface area contributed by atoms with Crippen LogP contribution in [0.15, 0.2) is 41.3 Å². The third-order valence-electron chi connectivity index (χ3n) is 4.70. The Morgan fingerprint density at radius 3 is 2.46 bits per heavy atom. The summed E-state index contributed by atoms with van der Waals surface area (Å²) in [5.41, 5.74) is 2.16. The fourth-order valence-electron chi connectivity index (χ4n) is 3.28. The summed E-state index contributed by atoms with van der Waals surface area (Å²) < 4.78 is 32.5. The van der Waals surface area contributed by atoms with Gasteiger partial charge >= 0.3 is 0 Å². The average molecular weight is 421 g/mol. The number of hydrogen-bond acceptors (Lipinski definition) is 4. The maximum absolute atomic E-state index is 12.8. The topological polar surface area (TPSA) is 79.5 Å². The zero-order chi connectivity index (χ0) is 20.5. The lowest BCUT2D eigenvalue weighted by Crippen LogP contribution is -2.30. The van der Waals surface area contributed by atoms with Gasteiger partial charge in [0.15, 0.2) is 6.29 Å². The predicted octanol–water partition coefficient (Wildman–Crippen LogP) is 4.34. The Morgan fingerprint density at radius 1 is 1.14 bits per heavy atom. The van der Waals surface area contributed by atoms with Crippen molar-refractivity contribution in [3.05, 3.63) is 47.0 Å². The number of nitrogens with zero attached hydrogens (tertiary/aromatic N) is 1. The quantitative estimate of drug-likeness (QED) is 0.576. The van der Waals surface area contributed by atoms with E-state index in [0.29, 0.717) is 57.9 Å². The number of nitrogens with one attached hydrogen (secondary N) is 1. The molecule has 0 aliphatic rings. The summed E-state index contributed by atoms with van der Waals surface area (Å²) in [6.45, 7) is 4.32. The summed E-state index contributed by atoms with van der Waals surface area (Å²) in [5.74, 6) is 0.551. The van der Waals surface area contributed by atoms with Crippen LogP contribution in [0.1, 0.15) is 24.2 Å². The second kappa shape index (κ2) is 7.95. The summed E-state index contributed by atoms with van der Waals surface area (Å²) in [7, 11) is -2.10. The number of benzene rings is 2. The standard InChI is InChI=1S/C20H21ClN2O4S/c1-4-23(5-2)28(25,26)14-7-8-18-15(11-14)17(12-24)20(22-18)16-10-13(21)6-9-19(16)27-3/h6-12,22H,4-5H2,1-3H3. The maximum atomic E-state index is 12.8. The van der Waals surface area contributed by atoms with Crippen molar-refractivity contribution in [3.8, 4) is 17.0 Å². The molecule has 0 amide bonds. The first-order chi connectivity index (χ1) is 13.4. The molecule has 28 heavy (non-hydrogen) atoms. The van der Waals surface area contributed by atoms with Crippen LogP contribution >= 0.6 is 11.6 Å². The average Bonchev–Trinajstić information content (AvgIpc) is 3.06. The maximum Gasteiger partial charge on any atom is 0.243 e. The second-order valence-corrected chi connectivity index (χ2v) is 8.55. The number of carbonyl (C=O) groups is 1. The molecule has 3 aromatic rings. The smallest absolute Gasteiger partial charge is 0.243 e. The molecule has 1 N–H and O–H groups in total. The monoisotopic (exact) mass is 420 g/mol. The van der Waals surface area contributed by atoms with Crippen LogP contribution < -0.4 is 4.74 Å². The number of aromatic nitrogens is 1. The molecule has 2 aromatic carbocycles. The van der Waals surface area contributed by atoms with Gasteiger partial charge in [-0.2, -0.15) is 4.31 Å². The Morgan fingerprint density at radius 2 is 1.86 bits per heavy atom. The molecular weight excluding hydrogens is 400 g/mol. The number of fused-ring (bicyclic) bond motifs is 1. The lowest BCUT2D eigenvalue weighted by Gasteiger charge is -2.18. The Kier molecular flexibility index (Phi) is 5.79. The fourth-order valence-corrected chi connectivity index (χ4v) is 4.93. The van der Waals surface area contributed by atoms with Gasteiger partial charge < -0.3 is 9.72 Å². The van der Waals surface area contributed by atoms with E-state index in [2.05, 4.69) is 4.98 Å². The van der Waals surface area contributed by atoms with Gasteiger partial charge in [0, 0.05) is 40.1 Å². The SMILES string of the molecule is CCN(CC)S(=O)(=O)c1ccc2[nH]c(-c3cc(Cl)ccc3OC)c(C=O)c2c1.